The van der Waals surface area contributed by atoms with Gasteiger partial charge in [-0.2, -0.15) is 11.8 Å². The molecule has 2 rings (SSSR count). The highest BCUT2D eigenvalue weighted by Crippen LogP contribution is 2.21. The van der Waals surface area contributed by atoms with Crippen molar-refractivity contribution in [1.82, 2.24) is 15.1 Å². The van der Waals surface area contributed by atoms with Gasteiger partial charge in [-0.1, -0.05) is 27.7 Å². The second kappa shape index (κ2) is 7.84. The molecule has 1 N–H and O–H groups in total. The highest BCUT2D eigenvalue weighted by molar-refractivity contribution is 7.99. The first-order chi connectivity index (χ1) is 9.99. The lowest BCUT2D eigenvalue weighted by molar-refractivity contribution is -0.131. The Morgan fingerprint density at radius 2 is 1.86 bits per heavy atom. The zero-order valence-corrected chi connectivity index (χ0v) is 14.8. The molecule has 1 amide bonds. The molecule has 2 atom stereocenters. The fourth-order valence-corrected chi connectivity index (χ4v) is 4.14. The van der Waals surface area contributed by atoms with E-state index in [-0.39, 0.29) is 12.2 Å². The monoisotopic (exact) mass is 313 g/mol. The molecule has 4 nitrogen and oxygen atoms in total. The number of nitrogens with one attached hydrogen (secondary N) is 1. The minimum Gasteiger partial charge on any atom is -0.324 e. The zero-order chi connectivity index (χ0) is 15.4. The van der Waals surface area contributed by atoms with Crippen molar-refractivity contribution in [2.75, 3.05) is 37.7 Å². The Morgan fingerprint density at radius 3 is 2.43 bits per heavy atom. The van der Waals surface area contributed by atoms with Crippen LogP contribution in [0.1, 0.15) is 34.1 Å². The van der Waals surface area contributed by atoms with Crippen LogP contribution >= 0.6 is 11.8 Å². The van der Waals surface area contributed by atoms with Crippen LogP contribution < -0.4 is 5.32 Å². The molecule has 0 aromatic heterocycles. The Bertz CT molecular complexity index is 342. The van der Waals surface area contributed by atoms with Gasteiger partial charge in [0.15, 0.2) is 0 Å². The number of nitrogens with zero attached hydrogens (tertiary/aromatic N) is 2. The molecule has 2 heterocycles. The van der Waals surface area contributed by atoms with Gasteiger partial charge in [0.05, 0.1) is 12.2 Å². The average molecular weight is 314 g/mol. The van der Waals surface area contributed by atoms with Crippen LogP contribution in [0.15, 0.2) is 0 Å². The van der Waals surface area contributed by atoms with Crippen molar-refractivity contribution in [3.05, 3.63) is 0 Å². The van der Waals surface area contributed by atoms with Gasteiger partial charge in [-0.15, -0.1) is 0 Å². The molecule has 0 saturated carbocycles. The molecule has 2 unspecified atom stereocenters. The van der Waals surface area contributed by atoms with Gasteiger partial charge in [-0.3, -0.25) is 15.0 Å². The lowest BCUT2D eigenvalue weighted by Crippen LogP contribution is -2.44. The van der Waals surface area contributed by atoms with E-state index in [9.17, 15) is 4.79 Å². The van der Waals surface area contributed by atoms with Crippen LogP contribution in [-0.2, 0) is 4.79 Å². The Morgan fingerprint density at radius 1 is 1.19 bits per heavy atom. The van der Waals surface area contributed by atoms with Crippen LogP contribution in [0.2, 0.25) is 0 Å². The summed E-state index contributed by atoms with van der Waals surface area (Å²) in [4.78, 5) is 17.3. The lowest BCUT2D eigenvalue weighted by Gasteiger charge is -2.31. The summed E-state index contributed by atoms with van der Waals surface area (Å²) in [5.74, 6) is 3.74. The number of hydrogen-bond acceptors (Lipinski definition) is 4. The van der Waals surface area contributed by atoms with Gasteiger partial charge in [0.2, 0.25) is 5.91 Å². The third kappa shape index (κ3) is 4.60. The van der Waals surface area contributed by atoms with E-state index in [1.165, 1.54) is 24.6 Å². The molecule has 0 aliphatic carbocycles. The Hall–Kier alpha value is -0.260. The fraction of sp³-hybridized carbons (Fsp3) is 0.938. The molecular formula is C16H31N3OS. The van der Waals surface area contributed by atoms with E-state index in [2.05, 4.69) is 42.8 Å². The van der Waals surface area contributed by atoms with E-state index in [1.54, 1.807) is 0 Å². The maximum absolute atomic E-state index is 12.7. The molecule has 0 radical (unpaired) electrons. The van der Waals surface area contributed by atoms with Crippen LogP contribution in [0.4, 0.5) is 0 Å². The van der Waals surface area contributed by atoms with Crippen molar-refractivity contribution in [2.45, 2.75) is 46.3 Å². The number of rotatable bonds is 6. The summed E-state index contributed by atoms with van der Waals surface area (Å²) in [6, 6.07) is 0.00524. The minimum absolute atomic E-state index is 0.00524. The van der Waals surface area contributed by atoms with Crippen molar-refractivity contribution in [3.8, 4) is 0 Å². The largest absolute Gasteiger partial charge is 0.324 e. The second-order valence-electron chi connectivity index (χ2n) is 7.02. The van der Waals surface area contributed by atoms with Gasteiger partial charge >= 0.3 is 0 Å². The van der Waals surface area contributed by atoms with E-state index in [0.29, 0.717) is 17.7 Å². The van der Waals surface area contributed by atoms with Crippen molar-refractivity contribution < 1.29 is 4.79 Å². The summed E-state index contributed by atoms with van der Waals surface area (Å²) in [6.07, 6.45) is 1.27. The van der Waals surface area contributed by atoms with Gasteiger partial charge in [-0.25, -0.2) is 0 Å². The first kappa shape index (κ1) is 17.1. The first-order valence-electron chi connectivity index (χ1n) is 8.35. The molecule has 122 valence electrons. The SMILES string of the molecule is CC(C)CC1NC(C(C)C)C(=O)N1CCN1CCSCC1. The van der Waals surface area contributed by atoms with Crippen molar-refractivity contribution >= 4 is 17.7 Å². The fourth-order valence-electron chi connectivity index (χ4n) is 3.16. The summed E-state index contributed by atoms with van der Waals surface area (Å²) in [6.45, 7) is 13.0. The Labute approximate surface area is 134 Å². The smallest absolute Gasteiger partial charge is 0.241 e. The van der Waals surface area contributed by atoms with Gasteiger partial charge in [0.25, 0.3) is 0 Å². The van der Waals surface area contributed by atoms with Crippen molar-refractivity contribution in [1.29, 1.82) is 0 Å². The van der Waals surface area contributed by atoms with Crippen molar-refractivity contribution in [2.24, 2.45) is 11.8 Å². The van der Waals surface area contributed by atoms with E-state index in [1.807, 2.05) is 11.8 Å². The van der Waals surface area contributed by atoms with Crippen molar-refractivity contribution in [3.63, 3.8) is 0 Å². The second-order valence-corrected chi connectivity index (χ2v) is 8.24. The normalized spacial score (nSPS) is 28.1. The number of amides is 1. The summed E-state index contributed by atoms with van der Waals surface area (Å²) >= 11 is 2.04. The number of hydrogen-bond donors (Lipinski definition) is 1. The lowest BCUT2D eigenvalue weighted by atomic mass is 10.0. The van der Waals surface area contributed by atoms with Crippen LogP contribution in [0, 0.1) is 11.8 Å². The van der Waals surface area contributed by atoms with Gasteiger partial charge in [-0.05, 0) is 18.3 Å². The summed E-state index contributed by atoms with van der Waals surface area (Å²) in [5.41, 5.74) is 0. The van der Waals surface area contributed by atoms with Gasteiger partial charge in [0.1, 0.15) is 0 Å². The quantitative estimate of drug-likeness (QED) is 0.812. The molecule has 0 aromatic carbocycles. The first-order valence-corrected chi connectivity index (χ1v) is 9.51. The maximum atomic E-state index is 12.7. The average Bonchev–Trinajstić information content (AvgIpc) is 2.74. The predicted molar refractivity (Wildman–Crippen MR) is 90.5 cm³/mol. The summed E-state index contributed by atoms with van der Waals surface area (Å²) < 4.78 is 0. The topological polar surface area (TPSA) is 35.6 Å². The highest BCUT2D eigenvalue weighted by Gasteiger charge is 2.40. The van der Waals surface area contributed by atoms with Crippen LogP contribution in [-0.4, -0.2) is 65.6 Å². The zero-order valence-electron chi connectivity index (χ0n) is 14.0. The maximum Gasteiger partial charge on any atom is 0.241 e. The molecule has 21 heavy (non-hydrogen) atoms. The molecular weight excluding hydrogens is 282 g/mol. The Balaban J connectivity index is 1.93. The molecule has 2 saturated heterocycles. The van der Waals surface area contributed by atoms with E-state index >= 15 is 0 Å². The van der Waals surface area contributed by atoms with E-state index in [0.717, 1.165) is 19.5 Å². The van der Waals surface area contributed by atoms with Crippen LogP contribution in [0.3, 0.4) is 0 Å². The Kier molecular flexibility index (Phi) is 6.38. The molecule has 0 aromatic rings. The molecule has 2 aliphatic heterocycles. The molecule has 0 spiro atoms. The van der Waals surface area contributed by atoms with E-state index in [4.69, 9.17) is 0 Å². The summed E-state index contributed by atoms with van der Waals surface area (Å²) in [5, 5.41) is 3.56. The van der Waals surface area contributed by atoms with Crippen LogP contribution in [0.5, 0.6) is 0 Å². The molecule has 2 fully saturated rings. The molecule has 5 heteroatoms. The third-order valence-corrected chi connectivity index (χ3v) is 5.36. The standard InChI is InChI=1S/C16H31N3OS/c1-12(2)11-14-17-15(13(3)4)16(20)19(14)6-5-18-7-9-21-10-8-18/h12-15,17H,5-11H2,1-4H3. The number of carbonyl (C=O) groups excluding carboxylic acids is 1. The predicted octanol–water partition coefficient (Wildman–Crippen LogP) is 1.86. The van der Waals surface area contributed by atoms with Crippen LogP contribution in [0.25, 0.3) is 0 Å². The number of carbonyl (C=O) groups is 1. The summed E-state index contributed by atoms with van der Waals surface area (Å²) in [7, 11) is 0. The molecule has 0 bridgehead atoms. The van der Waals surface area contributed by atoms with E-state index < -0.39 is 0 Å². The van der Waals surface area contributed by atoms with Gasteiger partial charge in [0, 0.05) is 37.7 Å². The highest BCUT2D eigenvalue weighted by atomic mass is 32.2. The molecule has 2 aliphatic rings. The minimum atomic E-state index is 0.00524. The third-order valence-electron chi connectivity index (χ3n) is 4.42. The number of thioether (sulfide) groups is 1. The van der Waals surface area contributed by atoms with Gasteiger partial charge < -0.3 is 4.90 Å².